The zero-order valence-corrected chi connectivity index (χ0v) is 8.29. The van der Waals surface area contributed by atoms with Crippen molar-refractivity contribution in [2.45, 2.75) is 38.6 Å². The van der Waals surface area contributed by atoms with Crippen molar-refractivity contribution < 1.29 is 5.11 Å². The molecule has 2 nitrogen and oxygen atoms in total. The van der Waals surface area contributed by atoms with Crippen LogP contribution in [0.4, 0.5) is 0 Å². The van der Waals surface area contributed by atoms with Gasteiger partial charge >= 0.3 is 0 Å². The summed E-state index contributed by atoms with van der Waals surface area (Å²) in [7, 11) is 2.19. The van der Waals surface area contributed by atoms with E-state index in [1.165, 1.54) is 12.8 Å². The Morgan fingerprint density at radius 2 is 2.08 bits per heavy atom. The molecule has 0 heterocycles. The monoisotopic (exact) mass is 171 g/mol. The standard InChI is InChI=1S/C10H21NO/c1-9(10-5-6-10)11(2)7-3-4-8-12/h9-10,12H,3-8H2,1-2H3. The number of nitrogens with zero attached hydrogens (tertiary/aromatic N) is 1. The van der Waals surface area contributed by atoms with Crippen LogP contribution < -0.4 is 0 Å². The van der Waals surface area contributed by atoms with Gasteiger partial charge in [0.1, 0.15) is 0 Å². The molecule has 0 spiro atoms. The van der Waals surface area contributed by atoms with Crippen molar-refractivity contribution in [1.29, 1.82) is 0 Å². The number of hydrogen-bond acceptors (Lipinski definition) is 2. The Kier molecular flexibility index (Phi) is 4.02. The van der Waals surface area contributed by atoms with Gasteiger partial charge in [0, 0.05) is 12.6 Å². The average Bonchev–Trinajstić information content (AvgIpc) is 2.86. The molecule has 0 bridgehead atoms. The molecule has 1 atom stereocenters. The highest BCUT2D eigenvalue weighted by Crippen LogP contribution is 2.34. The quantitative estimate of drug-likeness (QED) is 0.612. The van der Waals surface area contributed by atoms with Gasteiger partial charge in [0.05, 0.1) is 0 Å². The third-order valence-electron chi connectivity index (χ3n) is 2.92. The Morgan fingerprint density at radius 1 is 1.42 bits per heavy atom. The van der Waals surface area contributed by atoms with Gasteiger partial charge in [0.15, 0.2) is 0 Å². The van der Waals surface area contributed by atoms with Crippen LogP contribution in [0.1, 0.15) is 32.6 Å². The number of hydrogen-bond donors (Lipinski definition) is 1. The molecule has 0 amide bonds. The van der Waals surface area contributed by atoms with E-state index in [1.807, 2.05) is 0 Å². The fraction of sp³-hybridized carbons (Fsp3) is 1.00. The maximum absolute atomic E-state index is 8.62. The summed E-state index contributed by atoms with van der Waals surface area (Å²) in [6.07, 6.45) is 4.92. The van der Waals surface area contributed by atoms with Crippen LogP contribution in [0.2, 0.25) is 0 Å². The van der Waals surface area contributed by atoms with Gasteiger partial charge in [-0.3, -0.25) is 0 Å². The smallest absolute Gasteiger partial charge is 0.0431 e. The lowest BCUT2D eigenvalue weighted by Crippen LogP contribution is -2.31. The highest BCUT2D eigenvalue weighted by molar-refractivity contribution is 4.83. The summed E-state index contributed by atoms with van der Waals surface area (Å²) in [4.78, 5) is 2.42. The van der Waals surface area contributed by atoms with Gasteiger partial charge in [-0.25, -0.2) is 0 Å². The molecule has 1 aliphatic carbocycles. The Bertz CT molecular complexity index is 123. The largest absolute Gasteiger partial charge is 0.396 e. The minimum atomic E-state index is 0.339. The molecule has 0 aromatic heterocycles. The van der Waals surface area contributed by atoms with Crippen molar-refractivity contribution in [3.63, 3.8) is 0 Å². The van der Waals surface area contributed by atoms with Crippen molar-refractivity contribution in [1.82, 2.24) is 4.90 Å². The van der Waals surface area contributed by atoms with E-state index >= 15 is 0 Å². The zero-order valence-electron chi connectivity index (χ0n) is 8.29. The minimum absolute atomic E-state index is 0.339. The Hall–Kier alpha value is -0.0800. The number of unbranched alkanes of at least 4 members (excludes halogenated alkanes) is 1. The van der Waals surface area contributed by atoms with Crippen LogP contribution in [-0.4, -0.2) is 36.2 Å². The molecule has 0 saturated heterocycles. The Labute approximate surface area is 75.6 Å². The van der Waals surface area contributed by atoms with Crippen molar-refractivity contribution in [3.05, 3.63) is 0 Å². The summed E-state index contributed by atoms with van der Waals surface area (Å²) in [5.41, 5.74) is 0. The van der Waals surface area contributed by atoms with E-state index in [0.717, 1.165) is 31.3 Å². The zero-order chi connectivity index (χ0) is 8.97. The van der Waals surface area contributed by atoms with Crippen LogP contribution in [-0.2, 0) is 0 Å². The topological polar surface area (TPSA) is 23.5 Å². The summed E-state index contributed by atoms with van der Waals surface area (Å²) in [6, 6.07) is 0.753. The van der Waals surface area contributed by atoms with Crippen LogP contribution in [0, 0.1) is 5.92 Å². The van der Waals surface area contributed by atoms with E-state index in [2.05, 4.69) is 18.9 Å². The van der Waals surface area contributed by atoms with Gasteiger partial charge in [-0.05, 0) is 52.1 Å². The Morgan fingerprint density at radius 3 is 2.58 bits per heavy atom. The first-order valence-electron chi connectivity index (χ1n) is 5.07. The Balaban J connectivity index is 2.04. The summed E-state index contributed by atoms with van der Waals surface area (Å²) in [5.74, 6) is 0.962. The molecule has 12 heavy (non-hydrogen) atoms. The van der Waals surface area contributed by atoms with Crippen LogP contribution >= 0.6 is 0 Å². The summed E-state index contributed by atoms with van der Waals surface area (Å²) >= 11 is 0. The lowest BCUT2D eigenvalue weighted by Gasteiger charge is -2.24. The predicted octanol–water partition coefficient (Wildman–Crippen LogP) is 1.49. The fourth-order valence-corrected chi connectivity index (χ4v) is 1.62. The first-order valence-corrected chi connectivity index (χ1v) is 5.07. The first-order chi connectivity index (χ1) is 5.75. The molecule has 0 aromatic carbocycles. The summed E-state index contributed by atoms with van der Waals surface area (Å²) in [5, 5.41) is 8.62. The fourth-order valence-electron chi connectivity index (χ4n) is 1.62. The van der Waals surface area contributed by atoms with Gasteiger partial charge < -0.3 is 10.0 Å². The number of aliphatic hydroxyl groups excluding tert-OH is 1. The molecular formula is C10H21NO. The van der Waals surface area contributed by atoms with E-state index in [9.17, 15) is 0 Å². The van der Waals surface area contributed by atoms with Crippen molar-refractivity contribution in [2.24, 2.45) is 5.92 Å². The molecule has 1 aliphatic rings. The maximum Gasteiger partial charge on any atom is 0.0431 e. The SMILES string of the molecule is CC(C1CC1)N(C)CCCCO. The third kappa shape index (κ3) is 3.11. The molecule has 0 aromatic rings. The van der Waals surface area contributed by atoms with E-state index in [-0.39, 0.29) is 0 Å². The normalized spacial score (nSPS) is 20.0. The van der Waals surface area contributed by atoms with Crippen LogP contribution in [0.25, 0.3) is 0 Å². The minimum Gasteiger partial charge on any atom is -0.396 e. The first kappa shape index (κ1) is 10.0. The second kappa shape index (κ2) is 4.83. The molecular weight excluding hydrogens is 150 g/mol. The van der Waals surface area contributed by atoms with E-state index in [1.54, 1.807) is 0 Å². The highest BCUT2D eigenvalue weighted by atomic mass is 16.2. The van der Waals surface area contributed by atoms with Crippen molar-refractivity contribution >= 4 is 0 Å². The van der Waals surface area contributed by atoms with Gasteiger partial charge in [-0.1, -0.05) is 0 Å². The maximum atomic E-state index is 8.62. The van der Waals surface area contributed by atoms with E-state index in [4.69, 9.17) is 5.11 Å². The molecule has 2 heteroatoms. The number of rotatable bonds is 6. The van der Waals surface area contributed by atoms with E-state index in [0.29, 0.717) is 6.61 Å². The highest BCUT2D eigenvalue weighted by Gasteiger charge is 2.29. The van der Waals surface area contributed by atoms with Crippen molar-refractivity contribution in [3.8, 4) is 0 Å². The second-order valence-corrected chi connectivity index (χ2v) is 3.99. The number of aliphatic hydroxyl groups is 1. The van der Waals surface area contributed by atoms with Crippen LogP contribution in [0.15, 0.2) is 0 Å². The van der Waals surface area contributed by atoms with E-state index < -0.39 is 0 Å². The molecule has 1 unspecified atom stereocenters. The molecule has 0 radical (unpaired) electrons. The lowest BCUT2D eigenvalue weighted by atomic mass is 10.2. The molecule has 1 N–H and O–H groups in total. The van der Waals surface area contributed by atoms with Gasteiger partial charge in [-0.2, -0.15) is 0 Å². The molecule has 1 saturated carbocycles. The second-order valence-electron chi connectivity index (χ2n) is 3.99. The molecule has 1 rings (SSSR count). The third-order valence-corrected chi connectivity index (χ3v) is 2.92. The lowest BCUT2D eigenvalue weighted by molar-refractivity contribution is 0.216. The predicted molar refractivity (Wildman–Crippen MR) is 51.1 cm³/mol. The average molecular weight is 171 g/mol. The molecule has 1 fully saturated rings. The van der Waals surface area contributed by atoms with Crippen LogP contribution in [0.5, 0.6) is 0 Å². The van der Waals surface area contributed by atoms with Gasteiger partial charge in [-0.15, -0.1) is 0 Å². The van der Waals surface area contributed by atoms with Gasteiger partial charge in [0.25, 0.3) is 0 Å². The van der Waals surface area contributed by atoms with Crippen LogP contribution in [0.3, 0.4) is 0 Å². The summed E-state index contributed by atoms with van der Waals surface area (Å²) < 4.78 is 0. The van der Waals surface area contributed by atoms with Crippen molar-refractivity contribution in [2.75, 3.05) is 20.2 Å². The molecule has 0 aliphatic heterocycles. The summed E-state index contributed by atoms with van der Waals surface area (Å²) in [6.45, 7) is 3.79. The van der Waals surface area contributed by atoms with Gasteiger partial charge in [0.2, 0.25) is 0 Å². The molecule has 72 valence electrons.